The number of piperidine rings is 1. The van der Waals surface area contributed by atoms with E-state index in [9.17, 15) is 4.79 Å². The largest absolute Gasteiger partial charge is 0.441 e. The molecule has 0 aliphatic carbocycles. The molecule has 1 aliphatic rings. The highest BCUT2D eigenvalue weighted by atomic mass is 32.1. The number of hydrogen-bond acceptors (Lipinski definition) is 5. The number of thiophene rings is 1. The van der Waals surface area contributed by atoms with Crippen LogP contribution in [0.5, 0.6) is 0 Å². The maximum absolute atomic E-state index is 12.2. The molecule has 1 aromatic carbocycles. The summed E-state index contributed by atoms with van der Waals surface area (Å²) in [6, 6.07) is 12.1. The van der Waals surface area contributed by atoms with Gasteiger partial charge >= 0.3 is 0 Å². The van der Waals surface area contributed by atoms with Gasteiger partial charge in [-0.25, -0.2) is 4.98 Å². The van der Waals surface area contributed by atoms with Crippen LogP contribution in [0.15, 0.2) is 51.6 Å². The second kappa shape index (κ2) is 8.06. The lowest BCUT2D eigenvalue weighted by atomic mass is 10.0. The molecule has 1 aliphatic heterocycles. The van der Waals surface area contributed by atoms with Crippen LogP contribution in [0, 0.1) is 6.92 Å². The maximum atomic E-state index is 12.2. The third kappa shape index (κ3) is 4.28. The van der Waals surface area contributed by atoms with Crippen molar-refractivity contribution in [2.45, 2.75) is 32.4 Å². The molecule has 4 rings (SSSR count). The molecule has 0 saturated carbocycles. The van der Waals surface area contributed by atoms with Crippen LogP contribution in [-0.4, -0.2) is 34.9 Å². The summed E-state index contributed by atoms with van der Waals surface area (Å²) in [5, 5.41) is 6.97. The van der Waals surface area contributed by atoms with Gasteiger partial charge in [-0.15, -0.1) is 0 Å². The monoisotopic (exact) mass is 381 g/mol. The van der Waals surface area contributed by atoms with Crippen molar-refractivity contribution in [1.82, 2.24) is 15.2 Å². The van der Waals surface area contributed by atoms with Gasteiger partial charge in [-0.1, -0.05) is 18.2 Å². The number of nitrogens with zero attached hydrogens (tertiary/aromatic N) is 2. The minimum Gasteiger partial charge on any atom is -0.441 e. The molecular formula is C21H23N3O2S. The van der Waals surface area contributed by atoms with Gasteiger partial charge in [0.1, 0.15) is 5.76 Å². The van der Waals surface area contributed by atoms with E-state index in [1.165, 1.54) is 0 Å². The normalized spacial score (nSPS) is 15.7. The fourth-order valence-electron chi connectivity index (χ4n) is 3.39. The maximum Gasteiger partial charge on any atom is 0.252 e. The Morgan fingerprint density at radius 1 is 1.26 bits per heavy atom. The van der Waals surface area contributed by atoms with E-state index in [1.807, 2.05) is 54.1 Å². The lowest BCUT2D eigenvalue weighted by molar-refractivity contribution is 0.0909. The molecule has 0 spiro atoms. The summed E-state index contributed by atoms with van der Waals surface area (Å²) in [7, 11) is 0. The highest BCUT2D eigenvalue weighted by molar-refractivity contribution is 7.08. The fraction of sp³-hybridized carbons (Fsp3) is 0.333. The van der Waals surface area contributed by atoms with Crippen LogP contribution in [0.25, 0.3) is 11.5 Å². The standard InChI is InChI=1S/C21H23N3O2S/c1-15-19(23-21(26-15)16-5-3-2-4-6-16)13-24-10-7-18(8-11-24)22-20(25)17-9-12-27-14-17/h2-6,9,12,14,18H,7-8,10-11,13H2,1H3,(H,22,25). The molecule has 1 amide bonds. The second-order valence-corrected chi connectivity index (χ2v) is 7.70. The fourth-order valence-corrected chi connectivity index (χ4v) is 4.02. The summed E-state index contributed by atoms with van der Waals surface area (Å²) in [5.74, 6) is 1.59. The molecular weight excluding hydrogens is 358 g/mol. The molecule has 5 nitrogen and oxygen atoms in total. The van der Waals surface area contributed by atoms with Gasteiger partial charge in [-0.05, 0) is 43.3 Å². The van der Waals surface area contributed by atoms with Crippen molar-refractivity contribution in [1.29, 1.82) is 0 Å². The zero-order valence-electron chi connectivity index (χ0n) is 15.4. The number of hydrogen-bond donors (Lipinski definition) is 1. The van der Waals surface area contributed by atoms with Crippen LogP contribution in [0.1, 0.15) is 34.7 Å². The van der Waals surface area contributed by atoms with E-state index < -0.39 is 0 Å². The summed E-state index contributed by atoms with van der Waals surface area (Å²) in [4.78, 5) is 19.3. The summed E-state index contributed by atoms with van der Waals surface area (Å²) < 4.78 is 5.86. The van der Waals surface area contributed by atoms with Crippen molar-refractivity contribution >= 4 is 17.2 Å². The topological polar surface area (TPSA) is 58.4 Å². The number of carbonyl (C=O) groups is 1. The summed E-state index contributed by atoms with van der Waals surface area (Å²) in [6.07, 6.45) is 1.91. The van der Waals surface area contributed by atoms with Crippen molar-refractivity contribution in [3.05, 3.63) is 64.2 Å². The first-order valence-electron chi connectivity index (χ1n) is 9.26. The molecule has 3 heterocycles. The first-order chi connectivity index (χ1) is 13.2. The van der Waals surface area contributed by atoms with Gasteiger partial charge in [-0.2, -0.15) is 11.3 Å². The number of carbonyl (C=O) groups excluding carboxylic acids is 1. The van der Waals surface area contributed by atoms with Crippen LogP contribution in [-0.2, 0) is 6.54 Å². The zero-order valence-corrected chi connectivity index (χ0v) is 16.2. The number of likely N-dealkylation sites (tertiary alicyclic amines) is 1. The molecule has 6 heteroatoms. The molecule has 0 bridgehead atoms. The Bertz CT molecular complexity index is 882. The third-order valence-corrected chi connectivity index (χ3v) is 5.68. The van der Waals surface area contributed by atoms with Gasteiger partial charge in [0.05, 0.1) is 5.69 Å². The first-order valence-corrected chi connectivity index (χ1v) is 10.2. The molecule has 1 fully saturated rings. The molecule has 2 aromatic heterocycles. The Morgan fingerprint density at radius 2 is 2.04 bits per heavy atom. The quantitative estimate of drug-likeness (QED) is 0.723. The van der Waals surface area contributed by atoms with Gasteiger partial charge in [0.25, 0.3) is 5.91 Å². The molecule has 0 unspecified atom stereocenters. The smallest absolute Gasteiger partial charge is 0.252 e. The first kappa shape index (κ1) is 17.9. The second-order valence-electron chi connectivity index (χ2n) is 6.92. The number of oxazole rings is 1. The van der Waals surface area contributed by atoms with E-state index in [0.29, 0.717) is 5.89 Å². The van der Waals surface area contributed by atoms with Crippen molar-refractivity contribution in [2.24, 2.45) is 0 Å². The van der Waals surface area contributed by atoms with Gasteiger partial charge < -0.3 is 9.73 Å². The Hall–Kier alpha value is -2.44. The SMILES string of the molecule is Cc1oc(-c2ccccc2)nc1CN1CCC(NC(=O)c2ccsc2)CC1. The summed E-state index contributed by atoms with van der Waals surface area (Å²) in [5.41, 5.74) is 2.76. The van der Waals surface area contributed by atoms with Crippen molar-refractivity contribution in [3.63, 3.8) is 0 Å². The Kier molecular flexibility index (Phi) is 5.36. The van der Waals surface area contributed by atoms with Gasteiger partial charge in [0, 0.05) is 42.2 Å². The Balaban J connectivity index is 1.32. The number of aryl methyl sites for hydroxylation is 1. The molecule has 140 valence electrons. The van der Waals surface area contributed by atoms with Crippen LogP contribution >= 0.6 is 11.3 Å². The lowest BCUT2D eigenvalue weighted by Gasteiger charge is -2.31. The van der Waals surface area contributed by atoms with Crippen LogP contribution in [0.4, 0.5) is 0 Å². The van der Waals surface area contributed by atoms with Crippen LogP contribution in [0.2, 0.25) is 0 Å². The Labute approximate surface area is 163 Å². The van der Waals surface area contributed by atoms with Crippen LogP contribution < -0.4 is 5.32 Å². The molecule has 1 saturated heterocycles. The molecule has 1 N–H and O–H groups in total. The van der Waals surface area contributed by atoms with Gasteiger partial charge in [-0.3, -0.25) is 9.69 Å². The van der Waals surface area contributed by atoms with Crippen LogP contribution in [0.3, 0.4) is 0 Å². The molecule has 0 radical (unpaired) electrons. The molecule has 0 atom stereocenters. The van der Waals surface area contributed by atoms with Crippen molar-refractivity contribution in [2.75, 3.05) is 13.1 Å². The van der Waals surface area contributed by atoms with Gasteiger partial charge in [0.15, 0.2) is 0 Å². The summed E-state index contributed by atoms with van der Waals surface area (Å²) >= 11 is 1.55. The van der Waals surface area contributed by atoms with E-state index >= 15 is 0 Å². The predicted octanol–water partition coefficient (Wildman–Crippen LogP) is 4.11. The van der Waals surface area contributed by atoms with E-state index in [-0.39, 0.29) is 11.9 Å². The lowest BCUT2D eigenvalue weighted by Crippen LogP contribution is -2.44. The zero-order chi connectivity index (χ0) is 18.6. The van der Waals surface area contributed by atoms with E-state index in [2.05, 4.69) is 10.2 Å². The summed E-state index contributed by atoms with van der Waals surface area (Å²) in [6.45, 7) is 4.65. The van der Waals surface area contributed by atoms with E-state index in [4.69, 9.17) is 9.40 Å². The predicted molar refractivity (Wildman–Crippen MR) is 107 cm³/mol. The van der Waals surface area contributed by atoms with E-state index in [1.54, 1.807) is 11.3 Å². The van der Waals surface area contributed by atoms with Gasteiger partial charge in [0.2, 0.25) is 5.89 Å². The number of aromatic nitrogens is 1. The van der Waals surface area contributed by atoms with E-state index in [0.717, 1.165) is 55.1 Å². The molecule has 27 heavy (non-hydrogen) atoms. The molecule has 3 aromatic rings. The average Bonchev–Trinajstić information content (AvgIpc) is 3.35. The van der Waals surface area contributed by atoms with Crippen molar-refractivity contribution in [3.8, 4) is 11.5 Å². The average molecular weight is 382 g/mol. The third-order valence-electron chi connectivity index (χ3n) is 4.99. The number of nitrogens with one attached hydrogen (secondary N) is 1. The number of amides is 1. The minimum atomic E-state index is 0.0366. The number of rotatable bonds is 5. The highest BCUT2D eigenvalue weighted by Crippen LogP contribution is 2.23. The Morgan fingerprint density at radius 3 is 2.74 bits per heavy atom. The number of benzene rings is 1. The van der Waals surface area contributed by atoms with Crippen molar-refractivity contribution < 1.29 is 9.21 Å². The highest BCUT2D eigenvalue weighted by Gasteiger charge is 2.23. The minimum absolute atomic E-state index is 0.0366.